The summed E-state index contributed by atoms with van der Waals surface area (Å²) in [6.07, 6.45) is 4.53. The topological polar surface area (TPSA) is 54.9 Å². The molecular weight excluding hydrogens is 352 g/mol. The number of hydrogen-bond donors (Lipinski definition) is 1. The first kappa shape index (κ1) is 12.3. The summed E-state index contributed by atoms with van der Waals surface area (Å²) in [5.74, 6) is 0.149. The highest BCUT2D eigenvalue weighted by Crippen LogP contribution is 2.20. The summed E-state index contributed by atoms with van der Waals surface area (Å²) in [5.41, 5.74) is 0.487. The van der Waals surface area contributed by atoms with Crippen LogP contribution in [-0.2, 0) is 0 Å². The van der Waals surface area contributed by atoms with Gasteiger partial charge in [-0.05, 0) is 40.8 Å². The molecule has 0 atom stereocenters. The van der Waals surface area contributed by atoms with Gasteiger partial charge in [-0.3, -0.25) is 9.78 Å². The van der Waals surface area contributed by atoms with E-state index in [0.29, 0.717) is 16.4 Å². The Kier molecular flexibility index (Phi) is 3.90. The quantitative estimate of drug-likeness (QED) is 0.839. The third-order valence-corrected chi connectivity index (χ3v) is 3.56. The molecule has 2 aromatic rings. The average molecular weight is 360 g/mol. The smallest absolute Gasteiger partial charge is 0.256 e. The number of carbonyl (C=O) groups excluding carboxylic acids is 1. The van der Waals surface area contributed by atoms with E-state index in [-0.39, 0.29) is 5.91 Å². The van der Waals surface area contributed by atoms with Crippen molar-refractivity contribution < 1.29 is 4.79 Å². The van der Waals surface area contributed by atoms with Crippen LogP contribution in [0.3, 0.4) is 0 Å². The second-order valence-corrected chi connectivity index (χ2v) is 4.74. The van der Waals surface area contributed by atoms with Crippen LogP contribution < -0.4 is 5.32 Å². The van der Waals surface area contributed by atoms with Crippen molar-refractivity contribution in [1.29, 1.82) is 0 Å². The molecule has 0 aliphatic heterocycles. The van der Waals surface area contributed by atoms with Crippen molar-refractivity contribution in [3.63, 3.8) is 0 Å². The summed E-state index contributed by atoms with van der Waals surface area (Å²) in [7, 11) is 0. The first-order valence-electron chi connectivity index (χ1n) is 4.69. The Hall–Kier alpha value is -1.21. The molecule has 0 unspecified atom stereocenters. The Balaban J connectivity index is 2.18. The minimum absolute atomic E-state index is 0.260. The lowest BCUT2D eigenvalue weighted by molar-refractivity contribution is 0.102. The molecule has 1 aromatic carbocycles. The lowest BCUT2D eigenvalue weighted by atomic mass is 10.2. The number of anilines is 1. The van der Waals surface area contributed by atoms with Crippen LogP contribution in [0.4, 0.5) is 5.82 Å². The number of rotatable bonds is 2. The number of nitrogens with one attached hydrogen (secondary N) is 1. The molecule has 4 nitrogen and oxygen atoms in total. The zero-order valence-corrected chi connectivity index (χ0v) is 11.4. The standard InChI is InChI=1S/C11H7ClIN3O/c12-8-5-7(1-2-9(8)13)11(17)16-10-6-14-3-4-15-10/h1-6H,(H,15,16,17). The number of nitrogens with zero attached hydrogens (tertiary/aromatic N) is 2. The van der Waals surface area contributed by atoms with Crippen molar-refractivity contribution >= 4 is 45.9 Å². The Morgan fingerprint density at radius 2 is 2.18 bits per heavy atom. The maximum Gasteiger partial charge on any atom is 0.256 e. The molecular formula is C11H7ClIN3O. The van der Waals surface area contributed by atoms with Crippen LogP contribution in [0.1, 0.15) is 10.4 Å². The van der Waals surface area contributed by atoms with Gasteiger partial charge in [-0.15, -0.1) is 0 Å². The fraction of sp³-hybridized carbons (Fsp3) is 0. The second-order valence-electron chi connectivity index (χ2n) is 3.17. The van der Waals surface area contributed by atoms with Crippen molar-refractivity contribution in [3.8, 4) is 0 Å². The maximum atomic E-state index is 11.8. The number of hydrogen-bond acceptors (Lipinski definition) is 3. The van der Waals surface area contributed by atoms with E-state index in [1.165, 1.54) is 18.6 Å². The Labute approximate surface area is 117 Å². The van der Waals surface area contributed by atoms with E-state index >= 15 is 0 Å². The normalized spacial score (nSPS) is 10.0. The minimum Gasteiger partial charge on any atom is -0.305 e. The number of carbonyl (C=O) groups is 1. The highest BCUT2D eigenvalue weighted by molar-refractivity contribution is 14.1. The van der Waals surface area contributed by atoms with E-state index in [1.54, 1.807) is 18.2 Å². The molecule has 1 aromatic heterocycles. The Morgan fingerprint density at radius 1 is 1.35 bits per heavy atom. The maximum absolute atomic E-state index is 11.8. The number of benzene rings is 1. The summed E-state index contributed by atoms with van der Waals surface area (Å²) in [4.78, 5) is 19.7. The average Bonchev–Trinajstić information content (AvgIpc) is 2.34. The van der Waals surface area contributed by atoms with E-state index in [0.717, 1.165) is 3.57 Å². The van der Waals surface area contributed by atoms with Crippen LogP contribution in [0.5, 0.6) is 0 Å². The van der Waals surface area contributed by atoms with Crippen LogP contribution in [0.25, 0.3) is 0 Å². The molecule has 0 aliphatic rings. The van der Waals surface area contributed by atoms with Gasteiger partial charge in [0.15, 0.2) is 5.82 Å². The summed E-state index contributed by atoms with van der Waals surface area (Å²) in [5, 5.41) is 3.18. The van der Waals surface area contributed by atoms with Gasteiger partial charge < -0.3 is 5.32 Å². The van der Waals surface area contributed by atoms with E-state index in [9.17, 15) is 4.79 Å². The molecule has 0 saturated heterocycles. The van der Waals surface area contributed by atoms with E-state index < -0.39 is 0 Å². The summed E-state index contributed by atoms with van der Waals surface area (Å²) in [6, 6.07) is 5.11. The first-order valence-corrected chi connectivity index (χ1v) is 6.15. The van der Waals surface area contributed by atoms with Gasteiger partial charge in [0.05, 0.1) is 11.2 Å². The predicted octanol–water partition coefficient (Wildman–Crippen LogP) is 2.99. The number of halogens is 2. The Morgan fingerprint density at radius 3 is 2.82 bits per heavy atom. The van der Waals surface area contributed by atoms with E-state index in [4.69, 9.17) is 11.6 Å². The number of amides is 1. The highest BCUT2D eigenvalue weighted by Gasteiger charge is 2.08. The van der Waals surface area contributed by atoms with Gasteiger partial charge in [0, 0.05) is 21.5 Å². The fourth-order valence-corrected chi connectivity index (χ4v) is 1.71. The van der Waals surface area contributed by atoms with Crippen molar-refractivity contribution in [2.75, 3.05) is 5.32 Å². The van der Waals surface area contributed by atoms with Crippen molar-refractivity contribution in [3.05, 3.63) is 50.9 Å². The molecule has 0 fully saturated rings. The molecule has 0 radical (unpaired) electrons. The molecule has 0 bridgehead atoms. The van der Waals surface area contributed by atoms with Crippen LogP contribution >= 0.6 is 34.2 Å². The number of aromatic nitrogens is 2. The van der Waals surface area contributed by atoms with Gasteiger partial charge in [0.2, 0.25) is 0 Å². The lowest BCUT2D eigenvalue weighted by Crippen LogP contribution is -2.13. The van der Waals surface area contributed by atoms with Crippen LogP contribution in [0.15, 0.2) is 36.8 Å². The van der Waals surface area contributed by atoms with Gasteiger partial charge in [-0.25, -0.2) is 4.98 Å². The first-order chi connectivity index (χ1) is 8.16. The zero-order chi connectivity index (χ0) is 12.3. The van der Waals surface area contributed by atoms with Crippen LogP contribution in [0, 0.1) is 3.57 Å². The molecule has 1 heterocycles. The van der Waals surface area contributed by atoms with Gasteiger partial charge in [-0.2, -0.15) is 0 Å². The zero-order valence-electron chi connectivity index (χ0n) is 8.52. The van der Waals surface area contributed by atoms with Crippen molar-refractivity contribution in [1.82, 2.24) is 9.97 Å². The summed E-state index contributed by atoms with van der Waals surface area (Å²) >= 11 is 8.05. The lowest BCUT2D eigenvalue weighted by Gasteiger charge is -2.04. The molecule has 2 rings (SSSR count). The predicted molar refractivity (Wildman–Crippen MR) is 74.2 cm³/mol. The minimum atomic E-state index is -0.260. The van der Waals surface area contributed by atoms with E-state index in [1.807, 2.05) is 0 Å². The highest BCUT2D eigenvalue weighted by atomic mass is 127. The van der Waals surface area contributed by atoms with Crippen molar-refractivity contribution in [2.45, 2.75) is 0 Å². The third kappa shape index (κ3) is 3.13. The molecule has 1 N–H and O–H groups in total. The SMILES string of the molecule is O=C(Nc1cnccn1)c1ccc(I)c(Cl)c1. The summed E-state index contributed by atoms with van der Waals surface area (Å²) < 4.78 is 0.903. The van der Waals surface area contributed by atoms with Gasteiger partial charge in [0.1, 0.15) is 0 Å². The largest absolute Gasteiger partial charge is 0.305 e. The van der Waals surface area contributed by atoms with Gasteiger partial charge in [-0.1, -0.05) is 11.6 Å². The van der Waals surface area contributed by atoms with Gasteiger partial charge in [0.25, 0.3) is 5.91 Å². The molecule has 1 amide bonds. The fourth-order valence-electron chi connectivity index (χ4n) is 1.19. The summed E-state index contributed by atoms with van der Waals surface area (Å²) in [6.45, 7) is 0. The van der Waals surface area contributed by atoms with Crippen molar-refractivity contribution in [2.24, 2.45) is 0 Å². The Bertz CT molecular complexity index is 548. The van der Waals surface area contributed by atoms with E-state index in [2.05, 4.69) is 37.9 Å². The third-order valence-electron chi connectivity index (χ3n) is 1.99. The molecule has 6 heteroatoms. The molecule has 0 saturated carbocycles. The van der Waals surface area contributed by atoms with Crippen LogP contribution in [-0.4, -0.2) is 15.9 Å². The second kappa shape index (κ2) is 5.42. The molecule has 86 valence electrons. The molecule has 17 heavy (non-hydrogen) atoms. The molecule has 0 spiro atoms. The van der Waals surface area contributed by atoms with Gasteiger partial charge >= 0.3 is 0 Å². The molecule has 0 aliphatic carbocycles. The monoisotopic (exact) mass is 359 g/mol. The van der Waals surface area contributed by atoms with Crippen LogP contribution in [0.2, 0.25) is 5.02 Å².